The molecule has 6 nitrogen and oxygen atoms in total. The van der Waals surface area contributed by atoms with Crippen LogP contribution >= 0.6 is 0 Å². The molecule has 1 aromatic heterocycles. The SMILES string of the molecule is COc1ccc(C(F)(F)F)cc1NC(=O)Cn1nc(-c2ccc(C)cc2C)ccc1=O. The number of ether oxygens (including phenoxy) is 1. The topological polar surface area (TPSA) is 73.2 Å². The van der Waals surface area contributed by atoms with Crippen LogP contribution in [0.2, 0.25) is 0 Å². The second-order valence-corrected chi connectivity index (χ2v) is 6.99. The molecule has 162 valence electrons. The van der Waals surface area contributed by atoms with Gasteiger partial charge in [0.25, 0.3) is 5.56 Å². The minimum absolute atomic E-state index is 0.0608. The molecule has 0 aliphatic heterocycles. The number of benzene rings is 2. The van der Waals surface area contributed by atoms with Crippen LogP contribution < -0.4 is 15.6 Å². The lowest BCUT2D eigenvalue weighted by Gasteiger charge is -2.14. The first-order valence-corrected chi connectivity index (χ1v) is 9.29. The van der Waals surface area contributed by atoms with E-state index in [-0.39, 0.29) is 11.4 Å². The van der Waals surface area contributed by atoms with Gasteiger partial charge in [-0.15, -0.1) is 0 Å². The van der Waals surface area contributed by atoms with Gasteiger partial charge in [0.15, 0.2) is 0 Å². The first kappa shape index (κ1) is 22.1. The number of nitrogens with zero attached hydrogens (tertiary/aromatic N) is 2. The molecule has 0 bridgehead atoms. The summed E-state index contributed by atoms with van der Waals surface area (Å²) in [6, 6.07) is 11.3. The van der Waals surface area contributed by atoms with Crippen LogP contribution in [0.5, 0.6) is 5.75 Å². The summed E-state index contributed by atoms with van der Waals surface area (Å²) in [6.07, 6.45) is -4.58. The predicted molar refractivity (Wildman–Crippen MR) is 110 cm³/mol. The summed E-state index contributed by atoms with van der Waals surface area (Å²) in [4.78, 5) is 24.7. The number of hydrogen-bond donors (Lipinski definition) is 1. The zero-order valence-corrected chi connectivity index (χ0v) is 17.1. The summed E-state index contributed by atoms with van der Waals surface area (Å²) in [6.45, 7) is 3.39. The fourth-order valence-electron chi connectivity index (χ4n) is 3.11. The maximum atomic E-state index is 13.0. The molecule has 1 N–H and O–H groups in total. The molecule has 0 saturated heterocycles. The Balaban J connectivity index is 1.87. The Morgan fingerprint density at radius 1 is 1.10 bits per heavy atom. The summed E-state index contributed by atoms with van der Waals surface area (Å²) in [5, 5.41) is 6.61. The fourth-order valence-corrected chi connectivity index (χ4v) is 3.11. The van der Waals surface area contributed by atoms with Gasteiger partial charge in [0.1, 0.15) is 12.3 Å². The molecule has 0 saturated carbocycles. The lowest BCUT2D eigenvalue weighted by atomic mass is 10.0. The van der Waals surface area contributed by atoms with E-state index in [0.717, 1.165) is 39.6 Å². The predicted octanol–water partition coefficient (Wildman–Crippen LogP) is 4.19. The Morgan fingerprint density at radius 2 is 1.84 bits per heavy atom. The third-order valence-corrected chi connectivity index (χ3v) is 4.62. The number of anilines is 1. The highest BCUT2D eigenvalue weighted by atomic mass is 19.4. The first-order chi connectivity index (χ1) is 14.6. The van der Waals surface area contributed by atoms with Gasteiger partial charge in [0.05, 0.1) is 24.1 Å². The second kappa shape index (κ2) is 8.63. The van der Waals surface area contributed by atoms with Gasteiger partial charge < -0.3 is 10.1 Å². The number of rotatable bonds is 5. The third-order valence-electron chi connectivity index (χ3n) is 4.62. The molecule has 0 aliphatic rings. The summed E-state index contributed by atoms with van der Waals surface area (Å²) < 4.78 is 45.0. The number of amides is 1. The minimum atomic E-state index is -4.58. The molecule has 1 amide bonds. The number of carbonyl (C=O) groups is 1. The smallest absolute Gasteiger partial charge is 0.416 e. The first-order valence-electron chi connectivity index (χ1n) is 9.29. The Hall–Kier alpha value is -3.62. The van der Waals surface area contributed by atoms with Crippen molar-refractivity contribution in [1.29, 1.82) is 0 Å². The van der Waals surface area contributed by atoms with Crippen molar-refractivity contribution in [3.05, 3.63) is 75.6 Å². The number of alkyl halides is 3. The van der Waals surface area contributed by atoms with Gasteiger partial charge in [0, 0.05) is 11.6 Å². The van der Waals surface area contributed by atoms with Crippen LogP contribution in [-0.2, 0) is 17.5 Å². The molecule has 9 heteroatoms. The molecule has 0 aliphatic carbocycles. The van der Waals surface area contributed by atoms with E-state index in [1.165, 1.54) is 13.2 Å². The summed E-state index contributed by atoms with van der Waals surface area (Å²) in [5.41, 5.74) is 1.73. The number of carbonyl (C=O) groups excluding carboxylic acids is 1. The van der Waals surface area contributed by atoms with Crippen LogP contribution in [0.15, 0.2) is 53.3 Å². The van der Waals surface area contributed by atoms with Crippen molar-refractivity contribution in [3.63, 3.8) is 0 Å². The van der Waals surface area contributed by atoms with Crippen LogP contribution in [0.1, 0.15) is 16.7 Å². The highest BCUT2D eigenvalue weighted by molar-refractivity contribution is 5.92. The van der Waals surface area contributed by atoms with Gasteiger partial charge in [0.2, 0.25) is 5.91 Å². The van der Waals surface area contributed by atoms with E-state index in [0.29, 0.717) is 5.69 Å². The van der Waals surface area contributed by atoms with E-state index >= 15 is 0 Å². The van der Waals surface area contributed by atoms with Crippen LogP contribution in [0.3, 0.4) is 0 Å². The second-order valence-electron chi connectivity index (χ2n) is 6.99. The fraction of sp³-hybridized carbons (Fsp3) is 0.227. The molecule has 2 aromatic carbocycles. The largest absolute Gasteiger partial charge is 0.495 e. The molecular weight excluding hydrogens is 411 g/mol. The van der Waals surface area contributed by atoms with Crippen LogP contribution in [0.4, 0.5) is 18.9 Å². The highest BCUT2D eigenvalue weighted by Crippen LogP contribution is 2.34. The number of nitrogens with one attached hydrogen (secondary N) is 1. The number of halogens is 3. The molecule has 0 atom stereocenters. The number of hydrogen-bond acceptors (Lipinski definition) is 4. The summed E-state index contributed by atoms with van der Waals surface area (Å²) >= 11 is 0. The van der Waals surface area contributed by atoms with E-state index in [2.05, 4.69) is 10.4 Å². The van der Waals surface area contributed by atoms with Gasteiger partial charge in [-0.25, -0.2) is 4.68 Å². The van der Waals surface area contributed by atoms with Gasteiger partial charge in [-0.3, -0.25) is 9.59 Å². The zero-order valence-electron chi connectivity index (χ0n) is 17.1. The minimum Gasteiger partial charge on any atom is -0.495 e. The normalized spacial score (nSPS) is 11.3. The Labute approximate surface area is 176 Å². The van der Waals surface area contributed by atoms with Crippen molar-refractivity contribution >= 4 is 11.6 Å². The summed E-state index contributed by atoms with van der Waals surface area (Å²) in [7, 11) is 1.28. The average molecular weight is 431 g/mol. The number of aromatic nitrogens is 2. The van der Waals surface area contributed by atoms with Crippen molar-refractivity contribution < 1.29 is 22.7 Å². The van der Waals surface area contributed by atoms with Crippen molar-refractivity contribution in [2.24, 2.45) is 0 Å². The lowest BCUT2D eigenvalue weighted by molar-refractivity contribution is -0.137. The lowest BCUT2D eigenvalue weighted by Crippen LogP contribution is -2.29. The van der Waals surface area contributed by atoms with Gasteiger partial charge in [-0.1, -0.05) is 23.8 Å². The quantitative estimate of drug-likeness (QED) is 0.658. The summed E-state index contributed by atoms with van der Waals surface area (Å²) in [5.74, 6) is -0.657. The Bertz CT molecular complexity index is 1190. The molecule has 0 fully saturated rings. The Kier molecular flexibility index (Phi) is 6.14. The van der Waals surface area contributed by atoms with Crippen molar-refractivity contribution in [2.45, 2.75) is 26.6 Å². The van der Waals surface area contributed by atoms with E-state index < -0.39 is 29.8 Å². The van der Waals surface area contributed by atoms with Gasteiger partial charge >= 0.3 is 6.18 Å². The van der Waals surface area contributed by atoms with Gasteiger partial charge in [-0.05, 0) is 43.7 Å². The maximum Gasteiger partial charge on any atom is 0.416 e. The molecule has 1 heterocycles. The molecule has 31 heavy (non-hydrogen) atoms. The molecule has 3 aromatic rings. The third kappa shape index (κ3) is 5.11. The zero-order chi connectivity index (χ0) is 22.8. The maximum absolute atomic E-state index is 13.0. The molecular formula is C22H20F3N3O3. The van der Waals surface area contributed by atoms with E-state index in [1.54, 1.807) is 6.07 Å². The number of methoxy groups -OCH3 is 1. The van der Waals surface area contributed by atoms with E-state index in [9.17, 15) is 22.8 Å². The highest BCUT2D eigenvalue weighted by Gasteiger charge is 2.31. The molecule has 0 unspecified atom stereocenters. The standard InChI is InChI=1S/C22H20F3N3O3/c1-13-4-6-16(14(2)10-13)17-7-9-21(30)28(27-17)12-20(29)26-18-11-15(22(23,24)25)5-8-19(18)31-3/h4-11H,12H2,1-3H3,(H,26,29). The van der Waals surface area contributed by atoms with Crippen LogP contribution in [0.25, 0.3) is 11.3 Å². The average Bonchev–Trinajstić information content (AvgIpc) is 2.69. The van der Waals surface area contributed by atoms with Crippen molar-refractivity contribution in [2.75, 3.05) is 12.4 Å². The van der Waals surface area contributed by atoms with Gasteiger partial charge in [-0.2, -0.15) is 18.3 Å². The van der Waals surface area contributed by atoms with Crippen molar-refractivity contribution in [3.8, 4) is 17.0 Å². The van der Waals surface area contributed by atoms with Crippen molar-refractivity contribution in [1.82, 2.24) is 9.78 Å². The molecule has 0 radical (unpaired) electrons. The van der Waals surface area contributed by atoms with Crippen LogP contribution in [0, 0.1) is 13.8 Å². The number of aryl methyl sites for hydroxylation is 2. The van der Waals surface area contributed by atoms with E-state index in [1.807, 2.05) is 32.0 Å². The monoisotopic (exact) mass is 431 g/mol. The Morgan fingerprint density at radius 3 is 2.48 bits per heavy atom. The van der Waals surface area contributed by atoms with E-state index in [4.69, 9.17) is 4.74 Å². The molecule has 3 rings (SSSR count). The van der Waals surface area contributed by atoms with Crippen LogP contribution in [-0.4, -0.2) is 22.8 Å². The molecule has 0 spiro atoms.